The first-order valence-corrected chi connectivity index (χ1v) is 10.2. The average Bonchev–Trinajstić information content (AvgIpc) is 3.35. The lowest BCUT2D eigenvalue weighted by molar-refractivity contribution is 0.394. The Morgan fingerprint density at radius 1 is 1.11 bits per heavy atom. The van der Waals surface area contributed by atoms with Crippen LogP contribution in [0.15, 0.2) is 56.5 Å². The molecule has 0 saturated carbocycles. The van der Waals surface area contributed by atoms with Crippen molar-refractivity contribution in [3.05, 3.63) is 53.4 Å². The van der Waals surface area contributed by atoms with Gasteiger partial charge in [-0.25, -0.2) is 8.42 Å². The van der Waals surface area contributed by atoms with Crippen LogP contribution in [0.2, 0.25) is 0 Å². The topological polar surface area (TPSA) is 111 Å². The van der Waals surface area contributed by atoms with Crippen LogP contribution >= 0.6 is 11.3 Å². The number of nitrogens with zero attached hydrogens (tertiary/aromatic N) is 3. The van der Waals surface area contributed by atoms with E-state index in [9.17, 15) is 8.42 Å². The SMILES string of the molecule is Cc1nc(-c2cc(S(=O)(=O)Nc3cccc(-c4ccno4)c3)c(C)s2)no1. The number of anilines is 1. The Morgan fingerprint density at radius 2 is 1.96 bits per heavy atom. The zero-order valence-electron chi connectivity index (χ0n) is 14.3. The molecule has 0 aliphatic heterocycles. The van der Waals surface area contributed by atoms with E-state index in [2.05, 4.69) is 20.0 Å². The summed E-state index contributed by atoms with van der Waals surface area (Å²) in [6, 6.07) is 10.2. The number of sulfonamides is 1. The number of thiophene rings is 1. The van der Waals surface area contributed by atoms with Gasteiger partial charge in [-0.05, 0) is 25.1 Å². The molecule has 138 valence electrons. The van der Waals surface area contributed by atoms with E-state index in [1.165, 1.54) is 17.5 Å². The van der Waals surface area contributed by atoms with Crippen LogP contribution in [0, 0.1) is 13.8 Å². The van der Waals surface area contributed by atoms with Crippen molar-refractivity contribution in [2.75, 3.05) is 4.72 Å². The molecule has 0 radical (unpaired) electrons. The monoisotopic (exact) mass is 402 g/mol. The average molecular weight is 402 g/mol. The molecule has 0 fully saturated rings. The fraction of sp³-hybridized carbons (Fsp3) is 0.118. The maximum absolute atomic E-state index is 12.9. The standard InChI is InChI=1S/C17H14N4O4S2/c1-10-16(9-15(26-10)17-19-11(2)24-20-17)27(22,23)21-13-5-3-4-12(8-13)14-6-7-18-25-14/h3-9,21H,1-2H3. The van der Waals surface area contributed by atoms with Gasteiger partial charge in [0.15, 0.2) is 5.76 Å². The minimum absolute atomic E-state index is 0.176. The molecule has 10 heteroatoms. The third kappa shape index (κ3) is 3.49. The molecule has 3 aromatic heterocycles. The quantitative estimate of drug-likeness (QED) is 0.539. The van der Waals surface area contributed by atoms with E-state index < -0.39 is 10.0 Å². The molecule has 0 aliphatic rings. The summed E-state index contributed by atoms with van der Waals surface area (Å²) >= 11 is 1.29. The second-order valence-corrected chi connectivity index (χ2v) is 8.64. The Hall–Kier alpha value is -2.98. The van der Waals surface area contributed by atoms with Crippen molar-refractivity contribution in [3.63, 3.8) is 0 Å². The molecule has 1 N–H and O–H groups in total. The van der Waals surface area contributed by atoms with Crippen molar-refractivity contribution in [1.29, 1.82) is 0 Å². The van der Waals surface area contributed by atoms with Crippen LogP contribution in [-0.4, -0.2) is 23.7 Å². The Balaban J connectivity index is 1.65. The van der Waals surface area contributed by atoms with E-state index in [1.807, 2.05) is 6.07 Å². The Bertz CT molecular complexity index is 1190. The largest absolute Gasteiger partial charge is 0.356 e. The molecule has 8 nitrogen and oxygen atoms in total. The van der Waals surface area contributed by atoms with Crippen LogP contribution in [-0.2, 0) is 10.0 Å². The fourth-order valence-electron chi connectivity index (χ4n) is 2.55. The Labute approximate surface area is 158 Å². The van der Waals surface area contributed by atoms with Crippen LogP contribution in [0.25, 0.3) is 22.0 Å². The molecule has 0 bridgehead atoms. The Kier molecular flexibility index (Phi) is 4.28. The third-order valence-corrected chi connectivity index (χ3v) is 6.43. The second kappa shape index (κ2) is 6.63. The molecule has 3 heterocycles. The highest BCUT2D eigenvalue weighted by Gasteiger charge is 2.22. The van der Waals surface area contributed by atoms with Gasteiger partial charge in [-0.15, -0.1) is 11.3 Å². The fourth-order valence-corrected chi connectivity index (χ4v) is 5.12. The number of benzene rings is 1. The summed E-state index contributed by atoms with van der Waals surface area (Å²) in [5.74, 6) is 1.34. The van der Waals surface area contributed by atoms with Gasteiger partial charge in [0.1, 0.15) is 4.90 Å². The van der Waals surface area contributed by atoms with Crippen LogP contribution in [0.3, 0.4) is 0 Å². The summed E-state index contributed by atoms with van der Waals surface area (Å²) in [6.45, 7) is 3.41. The van der Waals surface area contributed by atoms with Crippen LogP contribution in [0.4, 0.5) is 5.69 Å². The minimum atomic E-state index is -3.78. The molecular formula is C17H14N4O4S2. The van der Waals surface area contributed by atoms with Gasteiger partial charge in [0.05, 0.1) is 11.1 Å². The van der Waals surface area contributed by atoms with Crippen LogP contribution in [0.1, 0.15) is 10.8 Å². The normalized spacial score (nSPS) is 11.6. The molecule has 1 aromatic carbocycles. The van der Waals surface area contributed by atoms with Crippen molar-refractivity contribution < 1.29 is 17.5 Å². The van der Waals surface area contributed by atoms with Crippen molar-refractivity contribution in [1.82, 2.24) is 15.3 Å². The molecule has 0 amide bonds. The Morgan fingerprint density at radius 3 is 2.67 bits per heavy atom. The summed E-state index contributed by atoms with van der Waals surface area (Å²) in [7, 11) is -3.78. The maximum Gasteiger partial charge on any atom is 0.263 e. The summed E-state index contributed by atoms with van der Waals surface area (Å²) in [5, 5.41) is 7.50. The molecule has 0 atom stereocenters. The first kappa shape index (κ1) is 17.4. The van der Waals surface area contributed by atoms with Crippen molar-refractivity contribution in [2.24, 2.45) is 0 Å². The van der Waals surface area contributed by atoms with Gasteiger partial charge in [-0.1, -0.05) is 22.4 Å². The molecule has 0 saturated heterocycles. The van der Waals surface area contributed by atoms with Gasteiger partial charge in [0, 0.05) is 29.1 Å². The van der Waals surface area contributed by atoms with Crippen molar-refractivity contribution in [2.45, 2.75) is 18.7 Å². The first-order chi connectivity index (χ1) is 12.9. The van der Waals surface area contributed by atoms with E-state index in [-0.39, 0.29) is 4.90 Å². The molecular weight excluding hydrogens is 388 g/mol. The lowest BCUT2D eigenvalue weighted by Crippen LogP contribution is -2.13. The van der Waals surface area contributed by atoms with Gasteiger partial charge < -0.3 is 9.05 Å². The maximum atomic E-state index is 12.9. The van der Waals surface area contributed by atoms with E-state index >= 15 is 0 Å². The number of hydrogen-bond donors (Lipinski definition) is 1. The molecule has 4 rings (SSSR count). The first-order valence-electron chi connectivity index (χ1n) is 7.87. The van der Waals surface area contributed by atoms with E-state index in [0.717, 1.165) is 5.56 Å². The van der Waals surface area contributed by atoms with Gasteiger partial charge in [-0.2, -0.15) is 4.98 Å². The van der Waals surface area contributed by atoms with Crippen LogP contribution < -0.4 is 4.72 Å². The van der Waals surface area contributed by atoms with E-state index in [4.69, 9.17) is 9.05 Å². The van der Waals surface area contributed by atoms with Crippen molar-refractivity contribution in [3.8, 4) is 22.0 Å². The van der Waals surface area contributed by atoms with Gasteiger partial charge in [-0.3, -0.25) is 4.72 Å². The smallest absolute Gasteiger partial charge is 0.263 e. The van der Waals surface area contributed by atoms with Crippen molar-refractivity contribution >= 4 is 27.0 Å². The third-order valence-electron chi connectivity index (χ3n) is 3.75. The van der Waals surface area contributed by atoms with Crippen LogP contribution in [0.5, 0.6) is 0 Å². The van der Waals surface area contributed by atoms with Gasteiger partial charge in [0.2, 0.25) is 11.7 Å². The molecule has 0 spiro atoms. The number of rotatable bonds is 5. The summed E-state index contributed by atoms with van der Waals surface area (Å²) in [6.07, 6.45) is 1.53. The van der Waals surface area contributed by atoms with E-state index in [0.29, 0.717) is 32.9 Å². The second-order valence-electron chi connectivity index (χ2n) is 5.73. The number of aryl methyl sites for hydroxylation is 2. The molecule has 4 aromatic rings. The number of hydrogen-bond acceptors (Lipinski definition) is 8. The predicted octanol–water partition coefficient (Wildman–Crippen LogP) is 3.87. The molecule has 0 aliphatic carbocycles. The summed E-state index contributed by atoms with van der Waals surface area (Å²) in [4.78, 5) is 5.57. The highest BCUT2D eigenvalue weighted by atomic mass is 32.2. The zero-order valence-corrected chi connectivity index (χ0v) is 16.0. The number of aromatic nitrogens is 3. The zero-order chi connectivity index (χ0) is 19.0. The predicted molar refractivity (Wildman–Crippen MR) is 99.8 cm³/mol. The van der Waals surface area contributed by atoms with E-state index in [1.54, 1.807) is 44.2 Å². The minimum Gasteiger partial charge on any atom is -0.356 e. The lowest BCUT2D eigenvalue weighted by Gasteiger charge is -2.08. The summed E-state index contributed by atoms with van der Waals surface area (Å²) in [5.41, 5.74) is 1.14. The highest BCUT2D eigenvalue weighted by molar-refractivity contribution is 7.93. The number of nitrogens with one attached hydrogen (secondary N) is 1. The molecule has 0 unspecified atom stereocenters. The van der Waals surface area contributed by atoms with Gasteiger partial charge >= 0.3 is 0 Å². The highest BCUT2D eigenvalue weighted by Crippen LogP contribution is 2.33. The summed E-state index contributed by atoms with van der Waals surface area (Å²) < 4.78 is 38.4. The molecule has 27 heavy (non-hydrogen) atoms. The lowest BCUT2D eigenvalue weighted by atomic mass is 10.1. The van der Waals surface area contributed by atoms with Gasteiger partial charge in [0.25, 0.3) is 10.0 Å².